The lowest BCUT2D eigenvalue weighted by molar-refractivity contribution is -0.151. The Labute approximate surface area is 286 Å². The van der Waals surface area contributed by atoms with Crippen LogP contribution in [0.2, 0.25) is 10.0 Å². The molecule has 0 saturated carbocycles. The molecule has 0 unspecified atom stereocenters. The van der Waals surface area contributed by atoms with E-state index in [1.807, 2.05) is 18.7 Å². The van der Waals surface area contributed by atoms with Gasteiger partial charge >= 0.3 is 5.97 Å². The maximum absolute atomic E-state index is 14.8. The third kappa shape index (κ3) is 7.39. The van der Waals surface area contributed by atoms with Crippen molar-refractivity contribution in [2.24, 2.45) is 4.99 Å². The average Bonchev–Trinajstić information content (AvgIpc) is 3.43. The molecular weight excluding hydrogens is 665 g/mol. The second-order valence-electron chi connectivity index (χ2n) is 11.5. The number of benzene rings is 3. The minimum Gasteiger partial charge on any atom is -0.497 e. The predicted octanol–water partition coefficient (Wildman–Crippen LogP) is 5.71. The molecule has 1 fully saturated rings. The fourth-order valence-corrected chi connectivity index (χ4v) is 7.77. The topological polar surface area (TPSA) is 107 Å². The number of amidine groups is 1. The zero-order chi connectivity index (χ0) is 33.8. The molecule has 3 aromatic carbocycles. The van der Waals surface area contributed by atoms with Crippen LogP contribution in [0.1, 0.15) is 43.5 Å². The van der Waals surface area contributed by atoms with Gasteiger partial charge in [0.1, 0.15) is 17.5 Å². The molecule has 5 rings (SSSR count). The van der Waals surface area contributed by atoms with E-state index in [-0.39, 0.29) is 30.8 Å². The molecule has 2 aliphatic heterocycles. The molecule has 2 aliphatic rings. The second-order valence-corrected chi connectivity index (χ2v) is 14.3. The summed E-state index contributed by atoms with van der Waals surface area (Å²) in [6, 6.07) is 17.2. The van der Waals surface area contributed by atoms with E-state index in [1.165, 1.54) is 11.4 Å². The smallest absolute Gasteiger partial charge is 0.341 e. The summed E-state index contributed by atoms with van der Waals surface area (Å²) in [5.74, 6) is -0.0734. The SMILES string of the molecule is CCOC(=O)[C@@]1(c2ccc(Cl)cc2)N=C(c2ccc(OC)cc2OC(C)C)N(S(=O)(=O)CCN2CCOCC2)[C@@H]1c1ccc(Cl)cc1. The number of nitrogens with zero attached hydrogens (tertiary/aromatic N) is 3. The summed E-state index contributed by atoms with van der Waals surface area (Å²) in [7, 11) is -2.66. The Bertz CT molecular complexity index is 1700. The molecule has 3 aromatic rings. The number of carbonyl (C=O) groups is 1. The van der Waals surface area contributed by atoms with Gasteiger partial charge in [-0.25, -0.2) is 22.5 Å². The normalized spacial score (nSPS) is 20.3. The Morgan fingerprint density at radius 1 is 1.02 bits per heavy atom. The number of hydrogen-bond donors (Lipinski definition) is 0. The average molecular weight is 705 g/mol. The molecule has 2 heterocycles. The van der Waals surface area contributed by atoms with E-state index in [2.05, 4.69) is 0 Å². The third-order valence-corrected chi connectivity index (χ3v) is 10.2. The molecule has 0 aliphatic carbocycles. The van der Waals surface area contributed by atoms with Gasteiger partial charge in [-0.15, -0.1) is 0 Å². The molecule has 10 nitrogen and oxygen atoms in total. The fourth-order valence-electron chi connectivity index (χ4n) is 5.84. The van der Waals surface area contributed by atoms with E-state index in [4.69, 9.17) is 47.1 Å². The van der Waals surface area contributed by atoms with E-state index < -0.39 is 27.6 Å². The first-order valence-electron chi connectivity index (χ1n) is 15.5. The molecule has 47 heavy (non-hydrogen) atoms. The highest BCUT2D eigenvalue weighted by atomic mass is 35.5. The molecular formula is C34H39Cl2N3O7S. The molecule has 0 aromatic heterocycles. The van der Waals surface area contributed by atoms with Crippen LogP contribution in [-0.4, -0.2) is 87.8 Å². The van der Waals surface area contributed by atoms with Gasteiger partial charge in [0.25, 0.3) is 0 Å². The highest BCUT2D eigenvalue weighted by Gasteiger charge is 2.60. The number of halogens is 2. The first-order chi connectivity index (χ1) is 22.5. The van der Waals surface area contributed by atoms with Crippen molar-refractivity contribution in [1.82, 2.24) is 9.21 Å². The minimum atomic E-state index is -4.19. The van der Waals surface area contributed by atoms with E-state index in [9.17, 15) is 13.2 Å². The van der Waals surface area contributed by atoms with Gasteiger partial charge in [-0.2, -0.15) is 0 Å². The summed E-state index contributed by atoms with van der Waals surface area (Å²) in [5, 5.41) is 0.890. The van der Waals surface area contributed by atoms with Crippen LogP contribution < -0.4 is 9.47 Å². The molecule has 0 N–H and O–H groups in total. The van der Waals surface area contributed by atoms with Crippen LogP contribution in [0.5, 0.6) is 11.5 Å². The largest absolute Gasteiger partial charge is 0.497 e. The standard InChI is InChI=1S/C34H39Cl2N3O7S/c1-5-45-33(40)34(25-8-12-27(36)13-9-25)31(24-6-10-26(35)11-7-24)39(47(41,42)21-18-38-16-19-44-20-17-38)32(37-34)29-15-14-28(43-4)22-30(29)46-23(2)3/h6-15,22-23,31H,5,16-21H2,1-4H3/t31-,34+/m1/s1. The first kappa shape index (κ1) is 35.0. The monoisotopic (exact) mass is 703 g/mol. The number of sulfonamides is 1. The number of morpholine rings is 1. The van der Waals surface area contributed by atoms with Crippen molar-refractivity contribution in [3.05, 3.63) is 93.5 Å². The van der Waals surface area contributed by atoms with Crippen LogP contribution in [0.15, 0.2) is 71.7 Å². The molecule has 252 valence electrons. The van der Waals surface area contributed by atoms with Crippen LogP contribution >= 0.6 is 23.2 Å². The summed E-state index contributed by atoms with van der Waals surface area (Å²) in [5.41, 5.74) is -0.604. The highest BCUT2D eigenvalue weighted by Crippen LogP contribution is 2.52. The molecule has 0 bridgehead atoms. The van der Waals surface area contributed by atoms with Gasteiger partial charge in [-0.05, 0) is 68.3 Å². The molecule has 1 saturated heterocycles. The second kappa shape index (κ2) is 14.8. The van der Waals surface area contributed by atoms with Gasteiger partial charge in [-0.1, -0.05) is 47.5 Å². The number of ether oxygens (including phenoxy) is 4. The van der Waals surface area contributed by atoms with Gasteiger partial charge in [0.15, 0.2) is 5.84 Å². The van der Waals surface area contributed by atoms with Crippen LogP contribution in [0, 0.1) is 0 Å². The van der Waals surface area contributed by atoms with Crippen LogP contribution in [0.25, 0.3) is 0 Å². The lowest BCUT2D eigenvalue weighted by Gasteiger charge is -2.37. The van der Waals surface area contributed by atoms with Crippen molar-refractivity contribution >= 4 is 45.0 Å². The van der Waals surface area contributed by atoms with E-state index >= 15 is 0 Å². The fraction of sp³-hybridized carbons (Fsp3) is 0.412. The van der Waals surface area contributed by atoms with E-state index in [0.717, 1.165) is 0 Å². The number of aliphatic imine (C=N–C) groups is 1. The van der Waals surface area contributed by atoms with Gasteiger partial charge in [0, 0.05) is 35.7 Å². The number of methoxy groups -OCH3 is 1. The first-order valence-corrected chi connectivity index (χ1v) is 17.8. The molecule has 0 radical (unpaired) electrons. The van der Waals surface area contributed by atoms with Crippen molar-refractivity contribution in [2.45, 2.75) is 38.5 Å². The Morgan fingerprint density at radius 3 is 2.26 bits per heavy atom. The summed E-state index contributed by atoms with van der Waals surface area (Å²) in [6.45, 7) is 7.99. The van der Waals surface area contributed by atoms with Gasteiger partial charge in [0.2, 0.25) is 15.6 Å². The lowest BCUT2D eigenvalue weighted by Crippen LogP contribution is -2.48. The Balaban J connectivity index is 1.81. The van der Waals surface area contributed by atoms with E-state index in [0.29, 0.717) is 64.5 Å². The highest BCUT2D eigenvalue weighted by molar-refractivity contribution is 7.89. The molecule has 2 atom stereocenters. The molecule has 0 amide bonds. The maximum atomic E-state index is 14.8. The number of hydrogen-bond acceptors (Lipinski definition) is 9. The van der Waals surface area contributed by atoms with Crippen LogP contribution in [-0.2, 0) is 29.8 Å². The number of esters is 1. The summed E-state index contributed by atoms with van der Waals surface area (Å²) in [6.07, 6.45) is -0.271. The zero-order valence-corrected chi connectivity index (χ0v) is 29.1. The predicted molar refractivity (Wildman–Crippen MR) is 182 cm³/mol. The Hall–Kier alpha value is -3.35. The Morgan fingerprint density at radius 2 is 1.66 bits per heavy atom. The third-order valence-electron chi connectivity index (χ3n) is 8.04. The number of carbonyl (C=O) groups excluding carboxylic acids is 1. The zero-order valence-electron chi connectivity index (χ0n) is 26.8. The van der Waals surface area contributed by atoms with E-state index in [1.54, 1.807) is 73.7 Å². The van der Waals surface area contributed by atoms with Crippen molar-refractivity contribution in [1.29, 1.82) is 0 Å². The Kier molecular flexibility index (Phi) is 11.0. The maximum Gasteiger partial charge on any atom is 0.341 e. The van der Waals surface area contributed by atoms with Gasteiger partial charge in [0.05, 0.1) is 44.4 Å². The van der Waals surface area contributed by atoms with Crippen molar-refractivity contribution in [2.75, 3.05) is 52.3 Å². The molecule has 13 heteroatoms. The van der Waals surface area contributed by atoms with Gasteiger partial charge < -0.3 is 18.9 Å². The van der Waals surface area contributed by atoms with Crippen LogP contribution in [0.4, 0.5) is 0 Å². The quantitative estimate of drug-likeness (QED) is 0.221. The van der Waals surface area contributed by atoms with Crippen molar-refractivity contribution < 1.29 is 32.2 Å². The van der Waals surface area contributed by atoms with Gasteiger partial charge in [-0.3, -0.25) is 4.90 Å². The molecule has 0 spiro atoms. The summed E-state index contributed by atoms with van der Waals surface area (Å²) < 4.78 is 53.8. The van der Waals surface area contributed by atoms with Crippen molar-refractivity contribution in [3.63, 3.8) is 0 Å². The summed E-state index contributed by atoms with van der Waals surface area (Å²) >= 11 is 12.6. The summed E-state index contributed by atoms with van der Waals surface area (Å²) in [4.78, 5) is 21.6. The lowest BCUT2D eigenvalue weighted by atomic mass is 9.80. The van der Waals surface area contributed by atoms with Crippen LogP contribution in [0.3, 0.4) is 0 Å². The van der Waals surface area contributed by atoms with Crippen molar-refractivity contribution in [3.8, 4) is 11.5 Å². The minimum absolute atomic E-state index is 0.0354. The number of rotatable bonds is 12.